The van der Waals surface area contributed by atoms with Gasteiger partial charge in [0.05, 0.1) is 15.5 Å². The summed E-state index contributed by atoms with van der Waals surface area (Å²) < 4.78 is 6.09. The first-order valence-electron chi connectivity index (χ1n) is 10.4. The molecule has 0 radical (unpaired) electrons. The van der Waals surface area contributed by atoms with Gasteiger partial charge < -0.3 is 4.74 Å². The van der Waals surface area contributed by atoms with Crippen molar-refractivity contribution in [1.29, 1.82) is 0 Å². The van der Waals surface area contributed by atoms with E-state index in [9.17, 15) is 9.59 Å². The lowest BCUT2D eigenvalue weighted by Gasteiger charge is -2.16. The van der Waals surface area contributed by atoms with Crippen LogP contribution in [0.2, 0.25) is 5.02 Å². The molecule has 1 saturated heterocycles. The van der Waals surface area contributed by atoms with Crippen molar-refractivity contribution in [1.82, 2.24) is 10.4 Å². The Bertz CT molecular complexity index is 1310. The van der Waals surface area contributed by atoms with Crippen LogP contribution in [0.1, 0.15) is 32.6 Å². The van der Waals surface area contributed by atoms with Gasteiger partial charge in [0.15, 0.2) is 4.32 Å². The number of nitrogens with zero attached hydrogens (tertiary/aromatic N) is 1. The first-order valence-corrected chi connectivity index (χ1v) is 12.0. The minimum absolute atomic E-state index is 0.242. The summed E-state index contributed by atoms with van der Waals surface area (Å²) >= 11 is 12.6. The number of hydrogen-bond acceptors (Lipinski definition) is 5. The van der Waals surface area contributed by atoms with E-state index in [1.165, 1.54) is 5.56 Å². The maximum atomic E-state index is 12.9. The summed E-state index contributed by atoms with van der Waals surface area (Å²) in [6.45, 7) is 4.40. The number of amides is 2. The van der Waals surface area contributed by atoms with E-state index >= 15 is 0 Å². The summed E-state index contributed by atoms with van der Waals surface area (Å²) in [5.41, 5.74) is 6.86. The van der Waals surface area contributed by atoms with Gasteiger partial charge in [0, 0.05) is 0 Å². The Morgan fingerprint density at radius 1 is 1.09 bits per heavy atom. The average Bonchev–Trinajstić information content (AvgIpc) is 3.06. The van der Waals surface area contributed by atoms with E-state index in [1.54, 1.807) is 24.3 Å². The molecule has 4 rings (SSSR count). The van der Waals surface area contributed by atoms with Crippen LogP contribution in [-0.2, 0) is 11.4 Å². The van der Waals surface area contributed by atoms with Crippen LogP contribution >= 0.6 is 35.6 Å². The number of ether oxygens (including phenoxy) is 1. The third-order valence-electron chi connectivity index (χ3n) is 5.04. The number of thiocarbonyl (C=S) groups is 1. The second kappa shape index (κ2) is 10.4. The molecule has 0 atom stereocenters. The van der Waals surface area contributed by atoms with Gasteiger partial charge in [-0.1, -0.05) is 71.4 Å². The van der Waals surface area contributed by atoms with E-state index in [1.807, 2.05) is 56.3 Å². The highest BCUT2D eigenvalue weighted by molar-refractivity contribution is 8.26. The SMILES string of the molecule is Cc1cccc(COc2ccc(/C=C3/SC(=S)N(NC(=O)c4ccc(C)cc4Cl)C3=O)cc2)c1. The van der Waals surface area contributed by atoms with Crippen molar-refractivity contribution in [2.75, 3.05) is 0 Å². The van der Waals surface area contributed by atoms with Gasteiger partial charge in [-0.15, -0.1) is 0 Å². The number of hydrazine groups is 1. The van der Waals surface area contributed by atoms with E-state index in [4.69, 9.17) is 28.6 Å². The van der Waals surface area contributed by atoms with Gasteiger partial charge in [0.2, 0.25) is 0 Å². The Balaban J connectivity index is 1.40. The summed E-state index contributed by atoms with van der Waals surface area (Å²) in [7, 11) is 0. The number of thioether (sulfide) groups is 1. The van der Waals surface area contributed by atoms with Crippen LogP contribution < -0.4 is 10.2 Å². The topological polar surface area (TPSA) is 58.6 Å². The number of carbonyl (C=O) groups is 2. The molecule has 0 spiro atoms. The lowest BCUT2D eigenvalue weighted by atomic mass is 10.1. The Morgan fingerprint density at radius 3 is 2.53 bits per heavy atom. The van der Waals surface area contributed by atoms with Crippen LogP contribution in [0.3, 0.4) is 0 Å². The zero-order chi connectivity index (χ0) is 24.2. The van der Waals surface area contributed by atoms with Crippen molar-refractivity contribution in [3.8, 4) is 5.75 Å². The van der Waals surface area contributed by atoms with E-state index in [2.05, 4.69) is 11.5 Å². The van der Waals surface area contributed by atoms with Crippen molar-refractivity contribution in [3.05, 3.63) is 104 Å². The normalized spacial score (nSPS) is 14.6. The summed E-state index contributed by atoms with van der Waals surface area (Å²) in [6, 6.07) is 20.7. The summed E-state index contributed by atoms with van der Waals surface area (Å²) in [5.74, 6) is -0.169. The molecule has 0 unspecified atom stereocenters. The molecule has 1 aliphatic rings. The molecule has 172 valence electrons. The molecule has 3 aromatic rings. The van der Waals surface area contributed by atoms with Crippen LogP contribution in [-0.4, -0.2) is 21.1 Å². The molecule has 2 amide bonds. The van der Waals surface area contributed by atoms with Crippen LogP contribution in [0, 0.1) is 13.8 Å². The van der Waals surface area contributed by atoms with E-state index < -0.39 is 11.8 Å². The van der Waals surface area contributed by atoms with E-state index in [0.717, 1.165) is 39.2 Å². The van der Waals surface area contributed by atoms with Gasteiger partial charge in [-0.25, -0.2) is 0 Å². The summed E-state index contributed by atoms with van der Waals surface area (Å²) in [4.78, 5) is 25.9. The molecule has 1 fully saturated rings. The molecule has 1 heterocycles. The van der Waals surface area contributed by atoms with Crippen molar-refractivity contribution in [2.24, 2.45) is 0 Å². The maximum absolute atomic E-state index is 12.9. The number of nitrogens with one attached hydrogen (secondary N) is 1. The Kier molecular flexibility index (Phi) is 7.36. The Hall–Kier alpha value is -3.13. The minimum atomic E-state index is -0.502. The highest BCUT2D eigenvalue weighted by Gasteiger charge is 2.34. The monoisotopic (exact) mass is 508 g/mol. The first kappa shape index (κ1) is 24.0. The van der Waals surface area contributed by atoms with Crippen LogP contribution in [0.25, 0.3) is 6.08 Å². The van der Waals surface area contributed by atoms with Gasteiger partial charge in [0.25, 0.3) is 11.8 Å². The minimum Gasteiger partial charge on any atom is -0.489 e. The molecule has 1 aliphatic heterocycles. The molecule has 5 nitrogen and oxygen atoms in total. The van der Waals surface area contributed by atoms with Gasteiger partial charge in [-0.3, -0.25) is 15.0 Å². The van der Waals surface area contributed by atoms with Gasteiger partial charge in [-0.2, -0.15) is 5.01 Å². The smallest absolute Gasteiger partial charge is 0.285 e. The Labute approximate surface area is 212 Å². The highest BCUT2D eigenvalue weighted by atomic mass is 35.5. The number of rotatable bonds is 6. The fraction of sp³-hybridized carbons (Fsp3) is 0.115. The summed E-state index contributed by atoms with van der Waals surface area (Å²) in [6.07, 6.45) is 1.73. The van der Waals surface area contributed by atoms with Gasteiger partial charge in [-0.05, 0) is 73.1 Å². The fourth-order valence-electron chi connectivity index (χ4n) is 3.31. The first-order chi connectivity index (χ1) is 16.3. The molecule has 1 N–H and O–H groups in total. The standard InChI is InChI=1S/C26H21ClN2O3S2/c1-16-4-3-5-19(12-16)15-32-20-9-7-18(8-10-20)14-23-25(31)29(26(33)34-23)28-24(30)21-11-6-17(2)13-22(21)27/h3-14H,15H2,1-2H3,(H,28,30)/b23-14+. The molecule has 0 aliphatic carbocycles. The lowest BCUT2D eigenvalue weighted by molar-refractivity contribution is -0.123. The van der Waals surface area contributed by atoms with Gasteiger partial charge >= 0.3 is 0 Å². The Morgan fingerprint density at radius 2 is 1.82 bits per heavy atom. The van der Waals surface area contributed by atoms with Crippen LogP contribution in [0.5, 0.6) is 5.75 Å². The molecule has 34 heavy (non-hydrogen) atoms. The predicted molar refractivity (Wildman–Crippen MR) is 141 cm³/mol. The quantitative estimate of drug-likeness (QED) is 0.323. The summed E-state index contributed by atoms with van der Waals surface area (Å²) in [5, 5.41) is 1.38. The molecular formula is C26H21ClN2O3S2. The van der Waals surface area contributed by atoms with Gasteiger partial charge in [0.1, 0.15) is 12.4 Å². The number of halogens is 1. The molecule has 0 bridgehead atoms. The lowest BCUT2D eigenvalue weighted by Crippen LogP contribution is -2.44. The van der Waals surface area contributed by atoms with Crippen molar-refractivity contribution < 1.29 is 14.3 Å². The number of benzene rings is 3. The predicted octanol–water partition coefficient (Wildman–Crippen LogP) is 6.08. The van der Waals surface area contributed by atoms with Crippen LogP contribution in [0.15, 0.2) is 71.6 Å². The average molecular weight is 509 g/mol. The number of carbonyl (C=O) groups excluding carboxylic acids is 2. The maximum Gasteiger partial charge on any atom is 0.285 e. The molecule has 8 heteroatoms. The zero-order valence-corrected chi connectivity index (χ0v) is 20.9. The van der Waals surface area contributed by atoms with Crippen molar-refractivity contribution >= 4 is 57.8 Å². The number of hydrogen-bond donors (Lipinski definition) is 1. The van der Waals surface area contributed by atoms with Crippen molar-refractivity contribution in [2.45, 2.75) is 20.5 Å². The highest BCUT2D eigenvalue weighted by Crippen LogP contribution is 2.32. The fourth-order valence-corrected chi connectivity index (χ4v) is 4.81. The number of aryl methyl sites for hydroxylation is 2. The second-order valence-electron chi connectivity index (χ2n) is 7.79. The third kappa shape index (κ3) is 5.67. The van der Waals surface area contributed by atoms with Crippen LogP contribution in [0.4, 0.5) is 0 Å². The molecular weight excluding hydrogens is 488 g/mol. The third-order valence-corrected chi connectivity index (χ3v) is 6.66. The molecule has 0 aromatic heterocycles. The molecule has 3 aromatic carbocycles. The molecule has 0 saturated carbocycles. The van der Waals surface area contributed by atoms with E-state index in [0.29, 0.717) is 16.5 Å². The largest absolute Gasteiger partial charge is 0.489 e. The zero-order valence-electron chi connectivity index (χ0n) is 18.5. The second-order valence-corrected chi connectivity index (χ2v) is 9.87. The van der Waals surface area contributed by atoms with Crippen molar-refractivity contribution in [3.63, 3.8) is 0 Å². The van der Waals surface area contributed by atoms with E-state index in [-0.39, 0.29) is 9.88 Å².